The molecule has 0 spiro atoms. The second kappa shape index (κ2) is 18.1. The number of ketones is 2. The van der Waals surface area contributed by atoms with E-state index in [9.17, 15) is 19.2 Å². The lowest BCUT2D eigenvalue weighted by Gasteiger charge is -2.32. The third-order valence-corrected chi connectivity index (χ3v) is 12.8. The molecule has 10 heteroatoms. The number of carbonyl (C=O) groups is 4. The molecule has 3 unspecified atom stereocenters. The normalized spacial score (nSPS) is 14.2. The number of nitrogens with one attached hydrogen (secondary N) is 1. The SMILES string of the molecule is CC(C)C(NC(=O)OCC1c2ccccc2-c2ccccc21)P(=O)(CC(Cc1ccccc1)C(=O)OCC(=O)c1ccccc1)OCC(=O)c1ccccc1. The Morgan fingerprint density at radius 2 is 1.13 bits per heavy atom. The van der Waals surface area contributed by atoms with Crippen LogP contribution in [0.1, 0.15) is 57.2 Å². The lowest BCUT2D eigenvalue weighted by Crippen LogP contribution is -2.42. The molecule has 5 aromatic carbocycles. The maximum absolute atomic E-state index is 15.4. The lowest BCUT2D eigenvalue weighted by atomic mass is 9.98. The maximum Gasteiger partial charge on any atom is 0.407 e. The van der Waals surface area contributed by atoms with Crippen LogP contribution in [0.3, 0.4) is 0 Å². The van der Waals surface area contributed by atoms with Crippen molar-refractivity contribution < 1.29 is 37.7 Å². The highest BCUT2D eigenvalue weighted by atomic mass is 31.2. The smallest absolute Gasteiger partial charge is 0.407 e. The highest BCUT2D eigenvalue weighted by Crippen LogP contribution is 2.55. The summed E-state index contributed by atoms with van der Waals surface area (Å²) in [5.41, 5.74) is 5.74. The van der Waals surface area contributed by atoms with Gasteiger partial charge in [-0.2, -0.15) is 0 Å². The summed E-state index contributed by atoms with van der Waals surface area (Å²) in [6, 6.07) is 42.0. The lowest BCUT2D eigenvalue weighted by molar-refractivity contribution is -0.146. The van der Waals surface area contributed by atoms with Gasteiger partial charge in [-0.15, -0.1) is 0 Å². The standard InChI is InChI=1S/C45H44NO8P/c1-31(2)43(46-45(50)53-27-40-38-24-14-12-22-36(38)37-23-13-15-25-39(37)40)55(51,54-29-42(48)34-20-10-5-11-21-34)30-35(26-32-16-6-3-7-17-32)44(49)52-28-41(47)33-18-8-4-9-19-33/h3-25,31,35,40,43H,26-30H2,1-2H3,(H,46,50). The van der Waals surface area contributed by atoms with Crippen LogP contribution in [0.5, 0.6) is 0 Å². The summed E-state index contributed by atoms with van der Waals surface area (Å²) < 4.78 is 32.9. The maximum atomic E-state index is 15.4. The number of alkyl carbamates (subject to hydrolysis) is 1. The van der Waals surface area contributed by atoms with Gasteiger partial charge in [0.25, 0.3) is 0 Å². The van der Waals surface area contributed by atoms with E-state index in [1.807, 2.05) is 78.9 Å². The molecule has 9 nitrogen and oxygen atoms in total. The fourth-order valence-corrected chi connectivity index (χ4v) is 9.92. The molecule has 0 aliphatic heterocycles. The predicted molar refractivity (Wildman–Crippen MR) is 211 cm³/mol. The molecule has 0 bridgehead atoms. The van der Waals surface area contributed by atoms with Crippen LogP contribution in [0, 0.1) is 11.8 Å². The predicted octanol–water partition coefficient (Wildman–Crippen LogP) is 8.97. The van der Waals surface area contributed by atoms with Crippen LogP contribution in [-0.2, 0) is 29.8 Å². The van der Waals surface area contributed by atoms with Gasteiger partial charge in [0.1, 0.15) is 19.0 Å². The topological polar surface area (TPSA) is 125 Å². The van der Waals surface area contributed by atoms with Gasteiger partial charge in [-0.25, -0.2) is 4.79 Å². The number of carbonyl (C=O) groups excluding carboxylic acids is 4. The molecule has 5 aromatic rings. The molecule has 0 fully saturated rings. The van der Waals surface area contributed by atoms with Crippen molar-refractivity contribution >= 4 is 31.0 Å². The summed E-state index contributed by atoms with van der Waals surface area (Å²) in [7, 11) is -4.14. The van der Waals surface area contributed by atoms with Gasteiger partial charge in [0.05, 0.1) is 5.92 Å². The number of esters is 1. The van der Waals surface area contributed by atoms with Crippen LogP contribution in [0.2, 0.25) is 0 Å². The van der Waals surface area contributed by atoms with E-state index in [-0.39, 0.29) is 25.1 Å². The molecule has 282 valence electrons. The van der Waals surface area contributed by atoms with E-state index >= 15 is 4.57 Å². The Bertz CT molecular complexity index is 2110. The van der Waals surface area contributed by atoms with E-state index in [2.05, 4.69) is 5.32 Å². The summed E-state index contributed by atoms with van der Waals surface area (Å²) in [5.74, 6) is -4.46. The summed E-state index contributed by atoms with van der Waals surface area (Å²) >= 11 is 0. The third kappa shape index (κ3) is 9.73. The monoisotopic (exact) mass is 757 g/mol. The molecular formula is C45H44NO8P. The number of ether oxygens (including phenoxy) is 2. The number of amides is 1. The van der Waals surface area contributed by atoms with Crippen LogP contribution in [0.15, 0.2) is 140 Å². The fraction of sp³-hybridized carbons (Fsp3) is 0.244. The van der Waals surface area contributed by atoms with E-state index in [4.69, 9.17) is 14.0 Å². The van der Waals surface area contributed by atoms with Gasteiger partial charge >= 0.3 is 12.1 Å². The molecular weight excluding hydrogens is 713 g/mol. The first kappa shape index (κ1) is 39.1. The first-order chi connectivity index (χ1) is 26.6. The number of hydrogen-bond donors (Lipinski definition) is 1. The molecule has 0 saturated heterocycles. The minimum Gasteiger partial charge on any atom is -0.457 e. The quantitative estimate of drug-likeness (QED) is 0.0566. The van der Waals surface area contributed by atoms with Crippen molar-refractivity contribution in [2.45, 2.75) is 32.0 Å². The highest BCUT2D eigenvalue weighted by Gasteiger charge is 2.43. The molecule has 0 saturated carbocycles. The molecule has 1 aliphatic rings. The summed E-state index contributed by atoms with van der Waals surface area (Å²) in [6.07, 6.45) is -1.08. The Kier molecular flexibility index (Phi) is 12.9. The van der Waals surface area contributed by atoms with Gasteiger partial charge in [-0.1, -0.05) is 153 Å². The van der Waals surface area contributed by atoms with Gasteiger partial charge < -0.3 is 19.3 Å². The first-order valence-corrected chi connectivity index (χ1v) is 20.2. The van der Waals surface area contributed by atoms with Crippen molar-refractivity contribution in [3.63, 3.8) is 0 Å². The van der Waals surface area contributed by atoms with E-state index in [0.29, 0.717) is 11.1 Å². The second-order valence-electron chi connectivity index (χ2n) is 13.9. The van der Waals surface area contributed by atoms with Crippen molar-refractivity contribution in [3.8, 4) is 11.1 Å². The molecule has 1 amide bonds. The Labute approximate surface area is 321 Å². The van der Waals surface area contributed by atoms with E-state index in [1.54, 1.807) is 74.5 Å². The van der Waals surface area contributed by atoms with Crippen LogP contribution in [0.25, 0.3) is 11.1 Å². The minimum atomic E-state index is -4.14. The van der Waals surface area contributed by atoms with Crippen molar-refractivity contribution in [2.75, 3.05) is 26.0 Å². The molecule has 55 heavy (non-hydrogen) atoms. The average molecular weight is 758 g/mol. The molecule has 0 heterocycles. The number of fused-ring (bicyclic) bond motifs is 3. The first-order valence-electron chi connectivity index (χ1n) is 18.3. The number of rotatable bonds is 17. The molecule has 1 N–H and O–H groups in total. The van der Waals surface area contributed by atoms with Crippen molar-refractivity contribution in [3.05, 3.63) is 167 Å². The Morgan fingerprint density at radius 3 is 1.67 bits per heavy atom. The van der Waals surface area contributed by atoms with Crippen LogP contribution in [0.4, 0.5) is 4.79 Å². The summed E-state index contributed by atoms with van der Waals surface area (Å²) in [6.45, 7) is 2.49. The second-order valence-corrected chi connectivity index (χ2v) is 16.5. The highest BCUT2D eigenvalue weighted by molar-refractivity contribution is 7.59. The minimum absolute atomic E-state index is 0.0285. The van der Waals surface area contributed by atoms with Gasteiger partial charge in [-0.3, -0.25) is 18.9 Å². The Hall–Kier alpha value is -5.63. The molecule has 0 radical (unpaired) electrons. The zero-order chi connectivity index (χ0) is 38.8. The van der Waals surface area contributed by atoms with Gasteiger partial charge in [0.15, 0.2) is 18.2 Å². The van der Waals surface area contributed by atoms with Crippen LogP contribution < -0.4 is 5.32 Å². The molecule has 3 atom stereocenters. The van der Waals surface area contributed by atoms with Gasteiger partial charge in [-0.05, 0) is 40.2 Å². The van der Waals surface area contributed by atoms with E-state index in [1.165, 1.54) is 0 Å². The zero-order valence-corrected chi connectivity index (χ0v) is 31.7. The zero-order valence-electron chi connectivity index (χ0n) is 30.8. The Morgan fingerprint density at radius 1 is 0.636 bits per heavy atom. The molecule has 0 aromatic heterocycles. The largest absolute Gasteiger partial charge is 0.457 e. The van der Waals surface area contributed by atoms with E-state index < -0.39 is 61.8 Å². The van der Waals surface area contributed by atoms with Crippen molar-refractivity contribution in [1.29, 1.82) is 0 Å². The fourth-order valence-electron chi connectivity index (χ4n) is 6.99. The van der Waals surface area contributed by atoms with Crippen molar-refractivity contribution in [1.82, 2.24) is 5.32 Å². The summed E-state index contributed by atoms with van der Waals surface area (Å²) in [4.78, 5) is 53.7. The number of hydrogen-bond acceptors (Lipinski definition) is 8. The molecule has 1 aliphatic carbocycles. The van der Waals surface area contributed by atoms with Crippen molar-refractivity contribution in [2.24, 2.45) is 11.8 Å². The van der Waals surface area contributed by atoms with Crippen LogP contribution >= 0.6 is 7.37 Å². The molecule has 6 rings (SSSR count). The summed E-state index contributed by atoms with van der Waals surface area (Å²) in [5, 5.41) is 2.81. The third-order valence-electron chi connectivity index (χ3n) is 9.75. The van der Waals surface area contributed by atoms with E-state index in [0.717, 1.165) is 27.8 Å². The number of Topliss-reactive ketones (excluding diaryl/α,β-unsaturated/α-hetero) is 2. The average Bonchev–Trinajstić information content (AvgIpc) is 3.54. The van der Waals surface area contributed by atoms with Gasteiger partial charge in [0, 0.05) is 23.2 Å². The van der Waals surface area contributed by atoms with Crippen LogP contribution in [-0.4, -0.2) is 55.4 Å². The Balaban J connectivity index is 1.25. The van der Waals surface area contributed by atoms with Gasteiger partial charge in [0.2, 0.25) is 7.37 Å². The number of benzene rings is 5.